The first-order valence-corrected chi connectivity index (χ1v) is 5.23. The molecule has 4 heteroatoms. The standard InChI is InChI=1S/C12H16O4/c1-3-4-7-16-12(14)9-5-6-11(15-2)10(13)8-9/h5-6,8,13H,3-4,7H2,1-2H3. The van der Waals surface area contributed by atoms with Crippen molar-refractivity contribution in [3.8, 4) is 11.5 Å². The number of ether oxygens (including phenoxy) is 2. The molecule has 88 valence electrons. The Kier molecular flexibility index (Phi) is 4.64. The van der Waals surface area contributed by atoms with E-state index in [-0.39, 0.29) is 5.75 Å². The molecule has 4 nitrogen and oxygen atoms in total. The zero-order chi connectivity index (χ0) is 12.0. The smallest absolute Gasteiger partial charge is 0.338 e. The molecule has 1 N–H and O–H groups in total. The number of carbonyl (C=O) groups excluding carboxylic acids is 1. The van der Waals surface area contributed by atoms with Gasteiger partial charge >= 0.3 is 5.97 Å². The van der Waals surface area contributed by atoms with Crippen LogP contribution in [0.5, 0.6) is 11.5 Å². The number of methoxy groups -OCH3 is 1. The zero-order valence-corrected chi connectivity index (χ0v) is 9.53. The Morgan fingerprint density at radius 2 is 2.19 bits per heavy atom. The summed E-state index contributed by atoms with van der Waals surface area (Å²) in [6.45, 7) is 2.43. The molecule has 0 amide bonds. The molecule has 1 aromatic rings. The Hall–Kier alpha value is -1.71. The Bertz CT molecular complexity index is 360. The molecule has 1 rings (SSSR count). The predicted molar refractivity (Wildman–Crippen MR) is 59.8 cm³/mol. The second kappa shape index (κ2) is 6.00. The maximum Gasteiger partial charge on any atom is 0.338 e. The van der Waals surface area contributed by atoms with E-state index in [0.717, 1.165) is 12.8 Å². The van der Waals surface area contributed by atoms with Crippen molar-refractivity contribution < 1.29 is 19.4 Å². The van der Waals surface area contributed by atoms with Gasteiger partial charge in [0.15, 0.2) is 11.5 Å². The molecule has 0 saturated heterocycles. The van der Waals surface area contributed by atoms with Gasteiger partial charge in [-0.3, -0.25) is 0 Å². The fourth-order valence-corrected chi connectivity index (χ4v) is 1.21. The first-order chi connectivity index (χ1) is 7.69. The highest BCUT2D eigenvalue weighted by molar-refractivity contribution is 5.90. The van der Waals surface area contributed by atoms with Gasteiger partial charge in [-0.15, -0.1) is 0 Å². The third-order valence-electron chi connectivity index (χ3n) is 2.15. The van der Waals surface area contributed by atoms with Crippen molar-refractivity contribution >= 4 is 5.97 Å². The number of esters is 1. The third kappa shape index (κ3) is 3.15. The molecule has 0 radical (unpaired) electrons. The molecule has 1 aromatic carbocycles. The lowest BCUT2D eigenvalue weighted by Crippen LogP contribution is -2.06. The number of rotatable bonds is 5. The summed E-state index contributed by atoms with van der Waals surface area (Å²) < 4.78 is 9.88. The Morgan fingerprint density at radius 1 is 1.44 bits per heavy atom. The van der Waals surface area contributed by atoms with Crippen LogP contribution >= 0.6 is 0 Å². The van der Waals surface area contributed by atoms with Gasteiger partial charge in [-0.05, 0) is 24.6 Å². The summed E-state index contributed by atoms with van der Waals surface area (Å²) in [5.41, 5.74) is 0.328. The van der Waals surface area contributed by atoms with Gasteiger partial charge in [0.1, 0.15) is 0 Å². The largest absolute Gasteiger partial charge is 0.504 e. The van der Waals surface area contributed by atoms with Crippen molar-refractivity contribution in [2.24, 2.45) is 0 Å². The molecule has 0 spiro atoms. The van der Waals surface area contributed by atoms with Crippen LogP contribution < -0.4 is 4.74 Å². The molecule has 16 heavy (non-hydrogen) atoms. The van der Waals surface area contributed by atoms with Crippen molar-refractivity contribution in [2.45, 2.75) is 19.8 Å². The van der Waals surface area contributed by atoms with Crippen LogP contribution in [0.4, 0.5) is 0 Å². The quantitative estimate of drug-likeness (QED) is 0.616. The maximum atomic E-state index is 11.5. The van der Waals surface area contributed by atoms with Crippen LogP contribution in [0.3, 0.4) is 0 Å². The molecule has 0 fully saturated rings. The summed E-state index contributed by atoms with van der Waals surface area (Å²) in [5, 5.41) is 9.48. The van der Waals surface area contributed by atoms with Gasteiger partial charge in [0.25, 0.3) is 0 Å². The highest BCUT2D eigenvalue weighted by Gasteiger charge is 2.10. The number of phenolic OH excluding ortho intramolecular Hbond substituents is 1. The van der Waals surface area contributed by atoms with Gasteiger partial charge in [-0.25, -0.2) is 4.79 Å². The van der Waals surface area contributed by atoms with E-state index in [0.29, 0.717) is 17.9 Å². The summed E-state index contributed by atoms with van der Waals surface area (Å²) in [6, 6.07) is 4.44. The van der Waals surface area contributed by atoms with E-state index in [9.17, 15) is 9.90 Å². The van der Waals surface area contributed by atoms with E-state index < -0.39 is 5.97 Å². The van der Waals surface area contributed by atoms with E-state index in [2.05, 4.69) is 0 Å². The second-order valence-electron chi connectivity index (χ2n) is 3.38. The molecule has 0 atom stereocenters. The highest BCUT2D eigenvalue weighted by atomic mass is 16.5. The lowest BCUT2D eigenvalue weighted by Gasteiger charge is -2.06. The molecule has 0 aromatic heterocycles. The molecular weight excluding hydrogens is 208 g/mol. The Labute approximate surface area is 94.8 Å². The molecular formula is C12H16O4. The lowest BCUT2D eigenvalue weighted by molar-refractivity contribution is 0.0499. The van der Waals surface area contributed by atoms with Gasteiger partial charge < -0.3 is 14.6 Å². The maximum absolute atomic E-state index is 11.5. The normalized spacial score (nSPS) is 9.88. The van der Waals surface area contributed by atoms with E-state index in [1.807, 2.05) is 6.92 Å². The van der Waals surface area contributed by atoms with Crippen LogP contribution in [0.25, 0.3) is 0 Å². The van der Waals surface area contributed by atoms with Gasteiger partial charge in [-0.2, -0.15) is 0 Å². The first kappa shape index (κ1) is 12.4. The summed E-state index contributed by atoms with van der Waals surface area (Å²) in [5.74, 6) is -0.149. The topological polar surface area (TPSA) is 55.8 Å². The summed E-state index contributed by atoms with van der Waals surface area (Å²) >= 11 is 0. The van der Waals surface area contributed by atoms with Crippen LogP contribution in [0.1, 0.15) is 30.1 Å². The molecule has 0 saturated carbocycles. The molecule has 0 unspecified atom stereocenters. The minimum atomic E-state index is -0.425. The number of hydrogen-bond acceptors (Lipinski definition) is 4. The van der Waals surface area contributed by atoms with E-state index in [1.54, 1.807) is 6.07 Å². The fraction of sp³-hybridized carbons (Fsp3) is 0.417. The lowest BCUT2D eigenvalue weighted by atomic mass is 10.2. The van der Waals surface area contributed by atoms with Crippen LogP contribution in [0.2, 0.25) is 0 Å². The van der Waals surface area contributed by atoms with Crippen molar-refractivity contribution in [1.82, 2.24) is 0 Å². The van der Waals surface area contributed by atoms with Crippen molar-refractivity contribution in [3.63, 3.8) is 0 Å². The third-order valence-corrected chi connectivity index (χ3v) is 2.15. The van der Waals surface area contributed by atoms with Gasteiger partial charge in [-0.1, -0.05) is 13.3 Å². The number of benzene rings is 1. The van der Waals surface area contributed by atoms with E-state index >= 15 is 0 Å². The van der Waals surface area contributed by atoms with Gasteiger partial charge in [0.05, 0.1) is 19.3 Å². The number of carbonyl (C=O) groups is 1. The fourth-order valence-electron chi connectivity index (χ4n) is 1.21. The van der Waals surface area contributed by atoms with Crippen molar-refractivity contribution in [1.29, 1.82) is 0 Å². The van der Waals surface area contributed by atoms with Gasteiger partial charge in [0, 0.05) is 0 Å². The molecule has 0 aliphatic carbocycles. The molecule has 0 bridgehead atoms. The zero-order valence-electron chi connectivity index (χ0n) is 9.53. The van der Waals surface area contributed by atoms with Crippen molar-refractivity contribution in [2.75, 3.05) is 13.7 Å². The Morgan fingerprint density at radius 3 is 2.75 bits per heavy atom. The average molecular weight is 224 g/mol. The molecule has 0 heterocycles. The number of phenols is 1. The van der Waals surface area contributed by atoms with E-state index in [1.165, 1.54) is 19.2 Å². The number of unbranched alkanes of at least 4 members (excludes halogenated alkanes) is 1. The minimum Gasteiger partial charge on any atom is -0.504 e. The average Bonchev–Trinajstić information content (AvgIpc) is 2.29. The number of hydrogen-bond donors (Lipinski definition) is 1. The van der Waals surface area contributed by atoms with Crippen molar-refractivity contribution in [3.05, 3.63) is 23.8 Å². The summed E-state index contributed by atoms with van der Waals surface area (Å²) in [6.07, 6.45) is 1.81. The van der Waals surface area contributed by atoms with Crippen LogP contribution in [0, 0.1) is 0 Å². The van der Waals surface area contributed by atoms with Crippen LogP contribution in [-0.4, -0.2) is 24.8 Å². The monoisotopic (exact) mass is 224 g/mol. The van der Waals surface area contributed by atoms with Gasteiger partial charge in [0.2, 0.25) is 0 Å². The van der Waals surface area contributed by atoms with Crippen LogP contribution in [0.15, 0.2) is 18.2 Å². The predicted octanol–water partition coefficient (Wildman–Crippen LogP) is 2.36. The number of aromatic hydroxyl groups is 1. The summed E-state index contributed by atoms with van der Waals surface area (Å²) in [7, 11) is 1.45. The molecule has 0 aliphatic rings. The molecule has 0 aliphatic heterocycles. The summed E-state index contributed by atoms with van der Waals surface area (Å²) in [4.78, 5) is 11.5. The second-order valence-corrected chi connectivity index (χ2v) is 3.38. The highest BCUT2D eigenvalue weighted by Crippen LogP contribution is 2.26. The Balaban J connectivity index is 2.66. The SMILES string of the molecule is CCCCOC(=O)c1ccc(OC)c(O)c1. The van der Waals surface area contributed by atoms with Crippen LogP contribution in [-0.2, 0) is 4.74 Å². The van der Waals surface area contributed by atoms with E-state index in [4.69, 9.17) is 9.47 Å². The first-order valence-electron chi connectivity index (χ1n) is 5.23. The minimum absolute atomic E-state index is 0.0626.